The molecule has 0 bridgehead atoms. The second-order valence-corrected chi connectivity index (χ2v) is 4.71. The van der Waals surface area contributed by atoms with E-state index in [1.165, 1.54) is 16.7 Å². The zero-order valence-electron chi connectivity index (χ0n) is 7.35. The minimum absolute atomic E-state index is 0.0116. The molecule has 0 aliphatic carbocycles. The number of carbonyl (C=O) groups is 1. The van der Waals surface area contributed by atoms with Gasteiger partial charge in [0.05, 0.1) is 10.5 Å². The fraction of sp³-hybridized carbons (Fsp3) is 0.857. The third-order valence-electron chi connectivity index (χ3n) is 2.11. The zero-order chi connectivity index (χ0) is 9.30. The van der Waals surface area contributed by atoms with E-state index in [-0.39, 0.29) is 16.4 Å². The van der Waals surface area contributed by atoms with E-state index in [9.17, 15) is 9.90 Å². The van der Waals surface area contributed by atoms with Crippen molar-refractivity contribution in [1.29, 1.82) is 0 Å². The lowest BCUT2D eigenvalue weighted by molar-refractivity contribution is -0.130. The summed E-state index contributed by atoms with van der Waals surface area (Å²) < 4.78 is 0. The Bertz CT molecular complexity index is 188. The summed E-state index contributed by atoms with van der Waals surface area (Å²) in [5.74, 6) is 0.0364. The van der Waals surface area contributed by atoms with Crippen LogP contribution in [0.25, 0.3) is 0 Å². The monoisotopic (exact) mass is 207 g/mol. The van der Waals surface area contributed by atoms with E-state index in [1.807, 2.05) is 12.5 Å². The molecule has 1 aliphatic rings. The highest BCUT2D eigenvalue weighted by atomic mass is 32.2. The van der Waals surface area contributed by atoms with Gasteiger partial charge < -0.3 is 10.0 Å². The fourth-order valence-electron chi connectivity index (χ4n) is 1.33. The summed E-state index contributed by atoms with van der Waals surface area (Å²) in [7, 11) is 1.65. The van der Waals surface area contributed by atoms with Crippen LogP contribution in [-0.4, -0.2) is 52.2 Å². The third kappa shape index (κ3) is 1.45. The number of nitrogens with zero attached hydrogens (tertiary/aromatic N) is 1. The van der Waals surface area contributed by atoms with Crippen LogP contribution in [-0.2, 0) is 4.79 Å². The Morgan fingerprint density at radius 2 is 2.00 bits per heavy atom. The molecule has 12 heavy (non-hydrogen) atoms. The highest BCUT2D eigenvalue weighted by Crippen LogP contribution is 2.32. The maximum atomic E-state index is 11.4. The quantitative estimate of drug-likeness (QED) is 0.704. The molecule has 0 radical (unpaired) electrons. The molecule has 1 fully saturated rings. The number of amides is 1. The van der Waals surface area contributed by atoms with Gasteiger partial charge in [-0.1, -0.05) is 0 Å². The maximum Gasteiger partial charge on any atom is 0.238 e. The van der Waals surface area contributed by atoms with Crippen LogP contribution in [0.1, 0.15) is 0 Å². The number of aliphatic hydroxyl groups is 1. The van der Waals surface area contributed by atoms with Crippen molar-refractivity contribution in [3.63, 3.8) is 0 Å². The first kappa shape index (κ1) is 10.2. The first-order valence-electron chi connectivity index (χ1n) is 3.63. The standard InChI is InChI=1S/C7H13NO2S2/c1-8-6(9)4(11-2)5(12-3)7(8)10/h4-6,9H,1-3H3/t4?,5?,6-/m1/s1. The lowest BCUT2D eigenvalue weighted by Crippen LogP contribution is -2.31. The number of hydrogen-bond acceptors (Lipinski definition) is 4. The van der Waals surface area contributed by atoms with E-state index in [4.69, 9.17) is 0 Å². The lowest BCUT2D eigenvalue weighted by atomic mass is 10.3. The molecule has 1 heterocycles. The van der Waals surface area contributed by atoms with Crippen molar-refractivity contribution < 1.29 is 9.90 Å². The molecule has 0 aromatic heterocycles. The second-order valence-electron chi connectivity index (χ2n) is 2.72. The molecule has 0 spiro atoms. The van der Waals surface area contributed by atoms with Crippen LogP contribution in [0.5, 0.6) is 0 Å². The van der Waals surface area contributed by atoms with E-state index in [0.717, 1.165) is 0 Å². The summed E-state index contributed by atoms with van der Waals surface area (Å²) in [5.41, 5.74) is 0. The largest absolute Gasteiger partial charge is 0.372 e. The van der Waals surface area contributed by atoms with Crippen molar-refractivity contribution in [3.05, 3.63) is 0 Å². The third-order valence-corrected chi connectivity index (χ3v) is 4.34. The Labute approximate surface area is 80.9 Å². The number of rotatable bonds is 2. The van der Waals surface area contributed by atoms with E-state index in [1.54, 1.807) is 18.8 Å². The van der Waals surface area contributed by atoms with Gasteiger partial charge in [0.1, 0.15) is 6.23 Å². The van der Waals surface area contributed by atoms with Gasteiger partial charge >= 0.3 is 0 Å². The first-order valence-corrected chi connectivity index (χ1v) is 6.21. The smallest absolute Gasteiger partial charge is 0.238 e. The van der Waals surface area contributed by atoms with E-state index in [2.05, 4.69) is 0 Å². The molecule has 2 unspecified atom stereocenters. The molecular formula is C7H13NO2S2. The normalized spacial score (nSPS) is 36.2. The fourth-order valence-corrected chi connectivity index (χ4v) is 3.56. The zero-order valence-corrected chi connectivity index (χ0v) is 8.98. The van der Waals surface area contributed by atoms with Crippen LogP contribution in [0, 0.1) is 0 Å². The summed E-state index contributed by atoms with van der Waals surface area (Å²) in [6, 6.07) is 0. The predicted molar refractivity (Wildman–Crippen MR) is 53.4 cm³/mol. The van der Waals surface area contributed by atoms with E-state index in [0.29, 0.717) is 0 Å². The van der Waals surface area contributed by atoms with Crippen molar-refractivity contribution in [2.45, 2.75) is 16.7 Å². The summed E-state index contributed by atoms with van der Waals surface area (Å²) in [6.07, 6.45) is 3.20. The van der Waals surface area contributed by atoms with Crippen molar-refractivity contribution >= 4 is 29.4 Å². The highest BCUT2D eigenvalue weighted by Gasteiger charge is 2.44. The molecule has 5 heteroatoms. The van der Waals surface area contributed by atoms with Crippen molar-refractivity contribution in [1.82, 2.24) is 4.90 Å². The van der Waals surface area contributed by atoms with Gasteiger partial charge in [0, 0.05) is 7.05 Å². The van der Waals surface area contributed by atoms with Crippen molar-refractivity contribution in [2.75, 3.05) is 19.6 Å². The van der Waals surface area contributed by atoms with Crippen LogP contribution < -0.4 is 0 Å². The topological polar surface area (TPSA) is 40.5 Å². The van der Waals surface area contributed by atoms with Crippen LogP contribution in [0.3, 0.4) is 0 Å². The van der Waals surface area contributed by atoms with Crippen LogP contribution >= 0.6 is 23.5 Å². The second kappa shape index (κ2) is 3.89. The maximum absolute atomic E-state index is 11.4. The summed E-state index contributed by atoms with van der Waals surface area (Å²) >= 11 is 3.06. The molecule has 3 atom stereocenters. The molecule has 0 aromatic rings. The molecular weight excluding hydrogens is 194 g/mol. The molecule has 0 saturated carbocycles. The Morgan fingerprint density at radius 1 is 1.42 bits per heavy atom. The van der Waals surface area contributed by atoms with Gasteiger partial charge in [0.25, 0.3) is 0 Å². The van der Waals surface area contributed by atoms with Crippen LogP contribution in [0.4, 0.5) is 0 Å². The number of carbonyl (C=O) groups excluding carboxylic acids is 1. The lowest BCUT2D eigenvalue weighted by Gasteiger charge is -2.17. The number of hydrogen-bond donors (Lipinski definition) is 1. The van der Waals surface area contributed by atoms with Gasteiger partial charge in [-0.25, -0.2) is 0 Å². The van der Waals surface area contributed by atoms with Crippen LogP contribution in [0.15, 0.2) is 0 Å². The first-order chi connectivity index (χ1) is 5.63. The summed E-state index contributed by atoms with van der Waals surface area (Å²) in [5, 5.41) is 9.53. The summed E-state index contributed by atoms with van der Waals surface area (Å²) in [6.45, 7) is 0. The van der Waals surface area contributed by atoms with Crippen LogP contribution in [0.2, 0.25) is 0 Å². The van der Waals surface area contributed by atoms with Gasteiger partial charge in [-0.05, 0) is 12.5 Å². The molecule has 1 saturated heterocycles. The predicted octanol–water partition coefficient (Wildman–Crippen LogP) is 0.240. The minimum Gasteiger partial charge on any atom is -0.372 e. The van der Waals surface area contributed by atoms with Gasteiger partial charge in [-0.2, -0.15) is 23.5 Å². The Morgan fingerprint density at radius 3 is 2.33 bits per heavy atom. The summed E-state index contributed by atoms with van der Waals surface area (Å²) in [4.78, 5) is 12.9. The van der Waals surface area contributed by atoms with Gasteiger partial charge in [-0.3, -0.25) is 4.79 Å². The average Bonchev–Trinajstić information content (AvgIpc) is 2.29. The van der Waals surface area contributed by atoms with Crippen molar-refractivity contribution in [3.8, 4) is 0 Å². The Balaban J connectivity index is 2.79. The number of thioether (sulfide) groups is 2. The molecule has 1 aliphatic heterocycles. The number of likely N-dealkylation sites (tertiary alicyclic amines) is 1. The molecule has 70 valence electrons. The van der Waals surface area contributed by atoms with E-state index >= 15 is 0 Å². The minimum atomic E-state index is -0.620. The van der Waals surface area contributed by atoms with Crippen molar-refractivity contribution in [2.24, 2.45) is 0 Å². The molecule has 3 nitrogen and oxygen atoms in total. The van der Waals surface area contributed by atoms with Gasteiger partial charge in [0.15, 0.2) is 0 Å². The number of aliphatic hydroxyl groups excluding tert-OH is 1. The SMILES string of the molecule is CSC1C(=O)N(C)[C@H](O)C1SC. The molecule has 1 amide bonds. The molecule has 0 aromatic carbocycles. The highest BCUT2D eigenvalue weighted by molar-refractivity contribution is 8.03. The van der Waals surface area contributed by atoms with Gasteiger partial charge in [0.2, 0.25) is 5.91 Å². The van der Waals surface area contributed by atoms with Gasteiger partial charge in [-0.15, -0.1) is 0 Å². The molecule has 1 N–H and O–H groups in total. The molecule has 1 rings (SSSR count). The van der Waals surface area contributed by atoms with E-state index < -0.39 is 6.23 Å². The Hall–Kier alpha value is 0.130. The average molecular weight is 207 g/mol. The Kier molecular flexibility index (Phi) is 3.31.